The molecule has 3 rings (SSSR count). The first-order valence-corrected chi connectivity index (χ1v) is 9.60. The molecule has 0 aliphatic carbocycles. The Kier molecular flexibility index (Phi) is 5.83. The minimum Gasteiger partial charge on any atom is -0.493 e. The number of hydrogen-bond acceptors (Lipinski definition) is 5. The molecule has 0 aliphatic heterocycles. The summed E-state index contributed by atoms with van der Waals surface area (Å²) in [6, 6.07) is 14.9. The Morgan fingerprint density at radius 1 is 1.20 bits per heavy atom. The number of nitrogens with zero attached hydrogens (tertiary/aromatic N) is 2. The summed E-state index contributed by atoms with van der Waals surface area (Å²) >= 11 is 5.95. The Morgan fingerprint density at radius 3 is 2.84 bits per heavy atom. The predicted molar refractivity (Wildman–Crippen MR) is 98.1 cm³/mol. The third-order valence-electron chi connectivity index (χ3n) is 3.40. The predicted octanol–water partition coefficient (Wildman–Crippen LogP) is 4.03. The normalized spacial score (nSPS) is 12.1. The quantitative estimate of drug-likeness (QED) is 0.623. The van der Waals surface area contributed by atoms with Crippen LogP contribution in [0.15, 0.2) is 53.1 Å². The molecule has 0 bridgehead atoms. The number of halogens is 1. The molecule has 1 heterocycles. The van der Waals surface area contributed by atoms with Crippen molar-refractivity contribution in [2.24, 2.45) is 0 Å². The summed E-state index contributed by atoms with van der Waals surface area (Å²) < 4.78 is 22.9. The van der Waals surface area contributed by atoms with E-state index >= 15 is 0 Å². The molecule has 1 aromatic heterocycles. The molecule has 0 spiro atoms. The highest BCUT2D eigenvalue weighted by atomic mass is 35.5. The van der Waals surface area contributed by atoms with Gasteiger partial charge in [0.2, 0.25) is 11.7 Å². The van der Waals surface area contributed by atoms with E-state index in [1.807, 2.05) is 43.3 Å². The molecule has 130 valence electrons. The van der Waals surface area contributed by atoms with E-state index in [0.29, 0.717) is 29.1 Å². The van der Waals surface area contributed by atoms with Crippen LogP contribution >= 0.6 is 11.6 Å². The molecule has 0 aliphatic rings. The van der Waals surface area contributed by atoms with Crippen molar-refractivity contribution < 1.29 is 13.5 Å². The van der Waals surface area contributed by atoms with Gasteiger partial charge in [0.25, 0.3) is 0 Å². The van der Waals surface area contributed by atoms with Crippen molar-refractivity contribution in [3.8, 4) is 17.1 Å². The van der Waals surface area contributed by atoms with Crippen molar-refractivity contribution in [2.75, 3.05) is 12.4 Å². The minimum atomic E-state index is -1.14. The van der Waals surface area contributed by atoms with E-state index in [4.69, 9.17) is 20.9 Å². The van der Waals surface area contributed by atoms with E-state index in [2.05, 4.69) is 10.1 Å². The SMILES string of the molecule is Cc1cccc(OCCS(=O)Cc2nc(-c3cccc(Cl)c3)no2)c1. The van der Waals surface area contributed by atoms with Crippen molar-refractivity contribution in [1.29, 1.82) is 0 Å². The van der Waals surface area contributed by atoms with Gasteiger partial charge in [0.1, 0.15) is 11.5 Å². The van der Waals surface area contributed by atoms with Crippen molar-refractivity contribution in [2.45, 2.75) is 12.7 Å². The molecule has 7 heteroatoms. The standard InChI is InChI=1S/C18H17ClN2O3S/c1-13-4-2-7-16(10-13)23-8-9-25(22)12-17-20-18(21-24-17)14-5-3-6-15(19)11-14/h2-7,10-11H,8-9,12H2,1H3. The summed E-state index contributed by atoms with van der Waals surface area (Å²) in [5.74, 6) is 2.14. The lowest BCUT2D eigenvalue weighted by Crippen LogP contribution is -2.10. The van der Waals surface area contributed by atoms with Crippen LogP contribution in [0.4, 0.5) is 0 Å². The summed E-state index contributed by atoms with van der Waals surface area (Å²) in [6.45, 7) is 2.36. The first-order valence-electron chi connectivity index (χ1n) is 7.73. The van der Waals surface area contributed by atoms with Crippen LogP contribution in [-0.2, 0) is 16.6 Å². The average molecular weight is 377 g/mol. The first-order chi connectivity index (χ1) is 12.1. The minimum absolute atomic E-state index is 0.199. The molecular formula is C18H17ClN2O3S. The van der Waals surface area contributed by atoms with Crippen molar-refractivity contribution in [3.63, 3.8) is 0 Å². The molecule has 0 radical (unpaired) electrons. The van der Waals surface area contributed by atoms with Gasteiger partial charge in [-0.1, -0.05) is 41.0 Å². The smallest absolute Gasteiger partial charge is 0.239 e. The van der Waals surface area contributed by atoms with E-state index in [9.17, 15) is 4.21 Å². The Balaban J connectivity index is 1.51. The number of ether oxygens (including phenoxy) is 1. The van der Waals surface area contributed by atoms with Crippen LogP contribution < -0.4 is 4.74 Å². The second kappa shape index (κ2) is 8.27. The molecule has 0 amide bonds. The van der Waals surface area contributed by atoms with Gasteiger partial charge >= 0.3 is 0 Å². The van der Waals surface area contributed by atoms with Gasteiger partial charge in [0.05, 0.1) is 12.4 Å². The lowest BCUT2D eigenvalue weighted by molar-refractivity contribution is 0.342. The Bertz CT molecular complexity index is 882. The zero-order valence-corrected chi connectivity index (χ0v) is 15.2. The zero-order valence-electron chi connectivity index (χ0n) is 13.6. The Morgan fingerprint density at radius 2 is 2.04 bits per heavy atom. The second-order valence-corrected chi connectivity index (χ2v) is 7.49. The monoisotopic (exact) mass is 376 g/mol. The largest absolute Gasteiger partial charge is 0.493 e. The second-order valence-electron chi connectivity index (χ2n) is 5.48. The third kappa shape index (κ3) is 5.14. The van der Waals surface area contributed by atoms with Crippen LogP contribution in [0.1, 0.15) is 11.5 Å². The number of hydrogen-bond donors (Lipinski definition) is 0. The molecule has 0 N–H and O–H groups in total. The van der Waals surface area contributed by atoms with E-state index in [0.717, 1.165) is 16.9 Å². The molecule has 1 unspecified atom stereocenters. The van der Waals surface area contributed by atoms with E-state index in [1.54, 1.807) is 12.1 Å². The number of benzene rings is 2. The third-order valence-corrected chi connectivity index (χ3v) is 4.83. The van der Waals surface area contributed by atoms with Crippen molar-refractivity contribution in [1.82, 2.24) is 10.1 Å². The van der Waals surface area contributed by atoms with Crippen LogP contribution in [0, 0.1) is 6.92 Å². The maximum atomic E-state index is 12.2. The Hall–Kier alpha value is -2.18. The molecule has 3 aromatic rings. The summed E-state index contributed by atoms with van der Waals surface area (Å²) in [5.41, 5.74) is 1.88. The molecular weight excluding hydrogens is 360 g/mol. The van der Waals surface area contributed by atoms with Gasteiger partial charge in [0, 0.05) is 21.4 Å². The van der Waals surface area contributed by atoms with Gasteiger partial charge < -0.3 is 9.26 Å². The molecule has 1 atom stereocenters. The van der Waals surface area contributed by atoms with Crippen LogP contribution in [0.5, 0.6) is 5.75 Å². The lowest BCUT2D eigenvalue weighted by atomic mass is 10.2. The van der Waals surface area contributed by atoms with Crippen LogP contribution in [0.2, 0.25) is 5.02 Å². The summed E-state index contributed by atoms with van der Waals surface area (Å²) in [4.78, 5) is 4.27. The Labute approximate surface area is 153 Å². The number of aryl methyl sites for hydroxylation is 1. The van der Waals surface area contributed by atoms with Gasteiger partial charge in [-0.15, -0.1) is 0 Å². The molecule has 2 aromatic carbocycles. The molecule has 5 nitrogen and oxygen atoms in total. The fraction of sp³-hybridized carbons (Fsp3) is 0.222. The first kappa shape index (κ1) is 17.6. The maximum Gasteiger partial charge on any atom is 0.239 e. The van der Waals surface area contributed by atoms with Gasteiger partial charge in [-0.05, 0) is 36.8 Å². The maximum absolute atomic E-state index is 12.2. The highest BCUT2D eigenvalue weighted by Gasteiger charge is 2.12. The highest BCUT2D eigenvalue weighted by Crippen LogP contribution is 2.20. The topological polar surface area (TPSA) is 65.2 Å². The lowest BCUT2D eigenvalue weighted by Gasteiger charge is -2.06. The van der Waals surface area contributed by atoms with E-state index < -0.39 is 10.8 Å². The van der Waals surface area contributed by atoms with Gasteiger partial charge in [-0.25, -0.2) is 0 Å². The summed E-state index contributed by atoms with van der Waals surface area (Å²) in [5, 5.41) is 4.51. The van der Waals surface area contributed by atoms with Gasteiger partial charge in [-0.2, -0.15) is 4.98 Å². The van der Waals surface area contributed by atoms with Crippen LogP contribution in [0.25, 0.3) is 11.4 Å². The van der Waals surface area contributed by atoms with E-state index in [1.165, 1.54) is 0 Å². The summed E-state index contributed by atoms with van der Waals surface area (Å²) in [7, 11) is -1.14. The molecule has 0 saturated heterocycles. The summed E-state index contributed by atoms with van der Waals surface area (Å²) in [6.07, 6.45) is 0. The highest BCUT2D eigenvalue weighted by molar-refractivity contribution is 7.84. The van der Waals surface area contributed by atoms with Crippen LogP contribution in [-0.4, -0.2) is 26.7 Å². The molecule has 0 fully saturated rings. The number of rotatable bonds is 7. The van der Waals surface area contributed by atoms with Gasteiger partial charge in [-0.3, -0.25) is 4.21 Å². The fourth-order valence-electron chi connectivity index (χ4n) is 2.23. The van der Waals surface area contributed by atoms with Gasteiger partial charge in [0.15, 0.2) is 0 Å². The zero-order chi connectivity index (χ0) is 17.6. The van der Waals surface area contributed by atoms with E-state index in [-0.39, 0.29) is 5.75 Å². The van der Waals surface area contributed by atoms with Crippen molar-refractivity contribution >= 4 is 22.4 Å². The average Bonchev–Trinajstić information content (AvgIpc) is 3.03. The van der Waals surface area contributed by atoms with Crippen LogP contribution in [0.3, 0.4) is 0 Å². The molecule has 0 saturated carbocycles. The fourth-order valence-corrected chi connectivity index (χ4v) is 3.22. The van der Waals surface area contributed by atoms with Crippen molar-refractivity contribution in [3.05, 3.63) is 65.0 Å². The molecule has 25 heavy (non-hydrogen) atoms. The number of aromatic nitrogens is 2.